The molecule has 1 aliphatic carbocycles. The molecule has 19 heavy (non-hydrogen) atoms. The van der Waals surface area contributed by atoms with Gasteiger partial charge < -0.3 is 9.53 Å². The van der Waals surface area contributed by atoms with Crippen molar-refractivity contribution in [1.29, 1.82) is 0 Å². The Morgan fingerprint density at radius 1 is 1.00 bits per heavy atom. The predicted octanol–water partition coefficient (Wildman–Crippen LogP) is 4.73. The van der Waals surface area contributed by atoms with Crippen LogP contribution in [0.15, 0.2) is 0 Å². The van der Waals surface area contributed by atoms with Gasteiger partial charge in [0.2, 0.25) is 0 Å². The van der Waals surface area contributed by atoms with E-state index in [1.165, 1.54) is 50.2 Å². The van der Waals surface area contributed by atoms with E-state index in [0.29, 0.717) is 12.0 Å². The molecule has 1 rings (SSSR count). The lowest BCUT2D eigenvalue weighted by Gasteiger charge is -2.41. The zero-order chi connectivity index (χ0) is 14.2. The fourth-order valence-corrected chi connectivity index (χ4v) is 6.31. The highest BCUT2D eigenvalue weighted by Crippen LogP contribution is 2.41. The van der Waals surface area contributed by atoms with Crippen molar-refractivity contribution in [3.05, 3.63) is 0 Å². The molecule has 0 radical (unpaired) electrons. The van der Waals surface area contributed by atoms with Crippen LogP contribution in [0.1, 0.15) is 65.7 Å². The number of aliphatic hydroxyl groups is 1. The summed E-state index contributed by atoms with van der Waals surface area (Å²) in [5.74, 6) is 0. The second kappa shape index (κ2) is 8.43. The molecule has 0 atom stereocenters. The summed E-state index contributed by atoms with van der Waals surface area (Å²) in [5, 5.41) is 9.15. The molecule has 3 heteroatoms. The highest BCUT2D eigenvalue weighted by Gasteiger charge is 2.36. The van der Waals surface area contributed by atoms with Gasteiger partial charge in [0, 0.05) is 13.2 Å². The van der Waals surface area contributed by atoms with Crippen LogP contribution in [0.4, 0.5) is 0 Å². The minimum atomic E-state index is -1.45. The molecule has 1 N–H and O–H groups in total. The lowest BCUT2D eigenvalue weighted by atomic mass is 9.72. The fraction of sp³-hybridized carbons (Fsp3) is 1.00. The summed E-state index contributed by atoms with van der Waals surface area (Å²) in [4.78, 5) is 0. The smallest absolute Gasteiger partial charge is 0.192 e. The van der Waals surface area contributed by atoms with Crippen LogP contribution >= 0.6 is 0 Å². The minimum Gasteiger partial charge on any atom is -0.416 e. The van der Waals surface area contributed by atoms with Crippen molar-refractivity contribution in [3.8, 4) is 0 Å². The zero-order valence-corrected chi connectivity index (χ0v) is 14.3. The van der Waals surface area contributed by atoms with E-state index in [2.05, 4.69) is 20.8 Å². The van der Waals surface area contributed by atoms with Gasteiger partial charge in [-0.2, -0.15) is 0 Å². The maximum atomic E-state index is 9.15. The molecule has 0 aromatic heterocycles. The Kier molecular flexibility index (Phi) is 7.63. The molecule has 0 aromatic carbocycles. The summed E-state index contributed by atoms with van der Waals surface area (Å²) in [6.07, 6.45) is 8.83. The highest BCUT2D eigenvalue weighted by molar-refractivity contribution is 6.73. The van der Waals surface area contributed by atoms with Gasteiger partial charge in [0.15, 0.2) is 8.32 Å². The molecule has 2 nitrogen and oxygen atoms in total. The molecule has 0 aliphatic heterocycles. The molecule has 1 saturated carbocycles. The van der Waals surface area contributed by atoms with Crippen molar-refractivity contribution in [3.63, 3.8) is 0 Å². The van der Waals surface area contributed by atoms with E-state index in [1.807, 2.05) is 0 Å². The minimum absolute atomic E-state index is 0.333. The summed E-state index contributed by atoms with van der Waals surface area (Å²) >= 11 is 0. The second-order valence-corrected chi connectivity index (χ2v) is 11.2. The average Bonchev–Trinajstić information content (AvgIpc) is 2.48. The van der Waals surface area contributed by atoms with Crippen LogP contribution in [0.25, 0.3) is 0 Å². The molecule has 1 fully saturated rings. The van der Waals surface area contributed by atoms with Gasteiger partial charge in [0.1, 0.15) is 0 Å². The monoisotopic (exact) mass is 286 g/mol. The highest BCUT2D eigenvalue weighted by atomic mass is 28.4. The first-order valence-corrected chi connectivity index (χ1v) is 10.9. The molecule has 0 saturated heterocycles. The van der Waals surface area contributed by atoms with Crippen LogP contribution in [0.3, 0.4) is 0 Å². The average molecular weight is 287 g/mol. The first-order chi connectivity index (χ1) is 9.16. The first-order valence-electron chi connectivity index (χ1n) is 8.41. The molecule has 0 unspecified atom stereocenters. The van der Waals surface area contributed by atoms with Crippen molar-refractivity contribution in [2.45, 2.75) is 83.8 Å². The molecule has 0 bridgehead atoms. The summed E-state index contributed by atoms with van der Waals surface area (Å²) in [6, 6.07) is 3.74. The summed E-state index contributed by atoms with van der Waals surface area (Å²) < 4.78 is 6.57. The van der Waals surface area contributed by atoms with Crippen LogP contribution in [0.5, 0.6) is 0 Å². The van der Waals surface area contributed by atoms with Crippen LogP contribution < -0.4 is 0 Å². The van der Waals surface area contributed by atoms with Crippen LogP contribution in [0, 0.1) is 5.41 Å². The second-order valence-electron chi connectivity index (χ2n) is 6.42. The van der Waals surface area contributed by atoms with Crippen LogP contribution in [-0.4, -0.2) is 26.6 Å². The predicted molar refractivity (Wildman–Crippen MR) is 85.0 cm³/mol. The largest absolute Gasteiger partial charge is 0.416 e. The molecule has 1 aliphatic rings. The number of hydrogen-bond acceptors (Lipinski definition) is 2. The normalized spacial score (nSPS) is 19.6. The molecule has 114 valence electrons. The Labute approximate surface area is 121 Å². The summed E-state index contributed by atoms with van der Waals surface area (Å²) in [6.45, 7) is 8.22. The SMILES string of the molecule is CC[Si](CC)(CC)OCC1(CCCO)CCCCC1. The third kappa shape index (κ3) is 4.87. The van der Waals surface area contributed by atoms with Crippen LogP contribution in [0.2, 0.25) is 18.1 Å². The van der Waals surface area contributed by atoms with Crippen LogP contribution in [-0.2, 0) is 4.43 Å². The topological polar surface area (TPSA) is 29.5 Å². The summed E-state index contributed by atoms with van der Waals surface area (Å²) in [7, 11) is -1.45. The molecular formula is C16H34O2Si. The fourth-order valence-electron chi connectivity index (χ4n) is 3.58. The van der Waals surface area contributed by atoms with Gasteiger partial charge in [-0.25, -0.2) is 0 Å². The molecule has 0 aromatic rings. The Balaban J connectivity index is 2.61. The van der Waals surface area contributed by atoms with Crippen molar-refractivity contribution < 1.29 is 9.53 Å². The third-order valence-corrected chi connectivity index (χ3v) is 10.0. The van der Waals surface area contributed by atoms with E-state index in [1.54, 1.807) is 0 Å². The number of aliphatic hydroxyl groups excluding tert-OH is 1. The van der Waals surface area contributed by atoms with Crippen molar-refractivity contribution in [2.24, 2.45) is 5.41 Å². The lowest BCUT2D eigenvalue weighted by Crippen LogP contribution is -2.41. The van der Waals surface area contributed by atoms with E-state index in [-0.39, 0.29) is 0 Å². The quantitative estimate of drug-likeness (QED) is 0.621. The van der Waals surface area contributed by atoms with Crippen molar-refractivity contribution in [2.75, 3.05) is 13.2 Å². The van der Waals surface area contributed by atoms with Crippen molar-refractivity contribution in [1.82, 2.24) is 0 Å². The van der Waals surface area contributed by atoms with E-state index in [4.69, 9.17) is 9.53 Å². The maximum Gasteiger partial charge on any atom is 0.192 e. The van der Waals surface area contributed by atoms with Gasteiger partial charge in [-0.05, 0) is 49.2 Å². The zero-order valence-electron chi connectivity index (χ0n) is 13.3. The van der Waals surface area contributed by atoms with E-state index < -0.39 is 8.32 Å². The standard InChI is InChI=1S/C16H34O2Si/c1-4-19(5-2,6-3)18-15-16(13-10-14-17)11-8-7-9-12-16/h17H,4-15H2,1-3H3. The van der Waals surface area contributed by atoms with Gasteiger partial charge >= 0.3 is 0 Å². The van der Waals surface area contributed by atoms with Gasteiger partial charge in [0.05, 0.1) is 0 Å². The van der Waals surface area contributed by atoms with E-state index in [0.717, 1.165) is 19.4 Å². The lowest BCUT2D eigenvalue weighted by molar-refractivity contribution is 0.0728. The number of hydrogen-bond donors (Lipinski definition) is 1. The van der Waals surface area contributed by atoms with Gasteiger partial charge in [-0.15, -0.1) is 0 Å². The Morgan fingerprint density at radius 3 is 2.05 bits per heavy atom. The number of rotatable bonds is 9. The maximum absolute atomic E-state index is 9.15. The molecular weight excluding hydrogens is 252 g/mol. The molecule has 0 spiro atoms. The van der Waals surface area contributed by atoms with E-state index in [9.17, 15) is 0 Å². The molecule has 0 amide bonds. The Bertz CT molecular complexity index is 225. The van der Waals surface area contributed by atoms with Crippen molar-refractivity contribution >= 4 is 8.32 Å². The first kappa shape index (κ1) is 17.2. The Hall–Kier alpha value is 0.137. The Morgan fingerprint density at radius 2 is 1.58 bits per heavy atom. The van der Waals surface area contributed by atoms with Gasteiger partial charge in [-0.3, -0.25) is 0 Å². The molecule has 0 heterocycles. The van der Waals surface area contributed by atoms with Gasteiger partial charge in [-0.1, -0.05) is 40.0 Å². The summed E-state index contributed by atoms with van der Waals surface area (Å²) in [5.41, 5.74) is 0.388. The van der Waals surface area contributed by atoms with E-state index >= 15 is 0 Å². The third-order valence-electron chi connectivity index (χ3n) is 5.40. The van der Waals surface area contributed by atoms with Gasteiger partial charge in [0.25, 0.3) is 0 Å².